The molecule has 7 heteroatoms. The van der Waals surface area contributed by atoms with Crippen molar-refractivity contribution in [3.63, 3.8) is 0 Å². The number of likely N-dealkylation sites (tertiary alicyclic amines) is 1. The molecule has 1 saturated heterocycles. The smallest absolute Gasteiger partial charge is 0.227 e. The number of aromatic nitrogens is 2. The summed E-state index contributed by atoms with van der Waals surface area (Å²) in [5.41, 5.74) is 1.02. The number of carbonyl (C=O) groups excluding carboxylic acids is 1. The van der Waals surface area contributed by atoms with Crippen molar-refractivity contribution in [2.24, 2.45) is 0 Å². The molecule has 2 aliphatic rings. The van der Waals surface area contributed by atoms with Gasteiger partial charge in [0.25, 0.3) is 0 Å². The minimum atomic E-state index is 0.0628. The third-order valence-electron chi connectivity index (χ3n) is 6.88. The summed E-state index contributed by atoms with van der Waals surface area (Å²) < 4.78 is 10.8. The van der Waals surface area contributed by atoms with Crippen molar-refractivity contribution in [2.75, 3.05) is 26.2 Å². The first-order valence-corrected chi connectivity index (χ1v) is 12.3. The maximum absolute atomic E-state index is 12.6. The topological polar surface area (TPSA) is 80.5 Å². The molecule has 0 bridgehead atoms. The standard InChI is InChI=1S/C25H36N4O3/c1-2-31-21-11-9-20(10-12-21)24-27-23(32-28-24)14-13-22(30)26-19-25(15-5-3-6-16-25)29-17-7-4-8-18-29/h9-12H,2-8,13-19H2,1H3,(H,26,30). The SMILES string of the molecule is CCOc1ccc(-c2noc(CCC(=O)NCC3(N4CCCCC4)CCCCC3)n2)cc1. The molecule has 1 N–H and O–H groups in total. The zero-order chi connectivity index (χ0) is 22.2. The molecule has 32 heavy (non-hydrogen) atoms. The molecule has 1 saturated carbocycles. The number of piperidine rings is 1. The Bertz CT molecular complexity index is 852. The van der Waals surface area contributed by atoms with Gasteiger partial charge in [-0.1, -0.05) is 30.8 Å². The number of hydrogen-bond donors (Lipinski definition) is 1. The van der Waals surface area contributed by atoms with Crippen molar-refractivity contribution in [3.8, 4) is 17.1 Å². The van der Waals surface area contributed by atoms with E-state index >= 15 is 0 Å². The second-order valence-corrected chi connectivity index (χ2v) is 9.08. The van der Waals surface area contributed by atoms with Crippen LogP contribution in [-0.2, 0) is 11.2 Å². The van der Waals surface area contributed by atoms with E-state index in [2.05, 4.69) is 20.4 Å². The van der Waals surface area contributed by atoms with E-state index in [-0.39, 0.29) is 11.4 Å². The number of benzene rings is 1. The second-order valence-electron chi connectivity index (χ2n) is 9.08. The highest BCUT2D eigenvalue weighted by atomic mass is 16.5. The van der Waals surface area contributed by atoms with E-state index in [1.807, 2.05) is 31.2 Å². The molecule has 1 aliphatic carbocycles. The van der Waals surface area contributed by atoms with Gasteiger partial charge in [-0.25, -0.2) is 0 Å². The third-order valence-corrected chi connectivity index (χ3v) is 6.88. The number of aryl methyl sites for hydroxylation is 1. The number of amides is 1. The van der Waals surface area contributed by atoms with Crippen LogP contribution in [0.15, 0.2) is 28.8 Å². The summed E-state index contributed by atoms with van der Waals surface area (Å²) in [6.07, 6.45) is 11.0. The number of carbonyl (C=O) groups is 1. The van der Waals surface area contributed by atoms with Crippen molar-refractivity contribution in [1.82, 2.24) is 20.4 Å². The molecule has 1 aromatic heterocycles. The molecule has 2 heterocycles. The highest BCUT2D eigenvalue weighted by Crippen LogP contribution is 2.35. The van der Waals surface area contributed by atoms with Gasteiger partial charge in [0.05, 0.1) is 6.61 Å². The van der Waals surface area contributed by atoms with Crippen LogP contribution in [-0.4, -0.2) is 52.7 Å². The minimum absolute atomic E-state index is 0.0628. The Morgan fingerprint density at radius 2 is 1.81 bits per heavy atom. The average Bonchev–Trinajstić information content (AvgIpc) is 3.32. The van der Waals surface area contributed by atoms with Crippen molar-refractivity contribution in [3.05, 3.63) is 30.2 Å². The van der Waals surface area contributed by atoms with Crippen molar-refractivity contribution in [1.29, 1.82) is 0 Å². The quantitative estimate of drug-likeness (QED) is 0.624. The predicted molar refractivity (Wildman–Crippen MR) is 123 cm³/mol. The van der Waals surface area contributed by atoms with Crippen molar-refractivity contribution < 1.29 is 14.1 Å². The van der Waals surface area contributed by atoms with Gasteiger partial charge < -0.3 is 14.6 Å². The molecular weight excluding hydrogens is 404 g/mol. The first-order valence-electron chi connectivity index (χ1n) is 12.3. The van der Waals surface area contributed by atoms with E-state index in [9.17, 15) is 4.79 Å². The van der Waals surface area contributed by atoms with Crippen molar-refractivity contribution >= 4 is 5.91 Å². The Kier molecular flexibility index (Phi) is 7.79. The fraction of sp³-hybridized carbons (Fsp3) is 0.640. The predicted octanol–water partition coefficient (Wildman–Crippen LogP) is 4.37. The Morgan fingerprint density at radius 3 is 2.53 bits per heavy atom. The summed E-state index contributed by atoms with van der Waals surface area (Å²) in [6, 6.07) is 7.62. The molecule has 174 valence electrons. The van der Waals surface area contributed by atoms with E-state index in [0.29, 0.717) is 31.2 Å². The molecule has 0 atom stereocenters. The van der Waals surface area contributed by atoms with Gasteiger partial charge in [-0.05, 0) is 70.0 Å². The van der Waals surface area contributed by atoms with Gasteiger partial charge in [0.2, 0.25) is 17.6 Å². The maximum atomic E-state index is 12.6. The van der Waals surface area contributed by atoms with E-state index in [1.165, 1.54) is 64.5 Å². The highest BCUT2D eigenvalue weighted by Gasteiger charge is 2.38. The number of ether oxygens (including phenoxy) is 1. The summed E-state index contributed by atoms with van der Waals surface area (Å²) in [7, 11) is 0. The molecule has 4 rings (SSSR count). The normalized spacial score (nSPS) is 18.9. The van der Waals surface area contributed by atoms with Crippen LogP contribution in [0.4, 0.5) is 0 Å². The summed E-state index contributed by atoms with van der Waals surface area (Å²) >= 11 is 0. The lowest BCUT2D eigenvalue weighted by atomic mass is 9.79. The van der Waals surface area contributed by atoms with Crippen LogP contribution >= 0.6 is 0 Å². The Labute approximate surface area is 190 Å². The third kappa shape index (κ3) is 5.68. The molecule has 1 aliphatic heterocycles. The first kappa shape index (κ1) is 22.8. The molecular formula is C25H36N4O3. The van der Waals surface area contributed by atoms with Gasteiger partial charge in [-0.15, -0.1) is 0 Å². The largest absolute Gasteiger partial charge is 0.494 e. The van der Waals surface area contributed by atoms with Gasteiger partial charge in [-0.3, -0.25) is 9.69 Å². The highest BCUT2D eigenvalue weighted by molar-refractivity contribution is 5.76. The van der Waals surface area contributed by atoms with Crippen LogP contribution < -0.4 is 10.1 Å². The molecule has 0 spiro atoms. The monoisotopic (exact) mass is 440 g/mol. The number of hydrogen-bond acceptors (Lipinski definition) is 6. The molecule has 2 aromatic rings. The number of rotatable bonds is 9. The average molecular weight is 441 g/mol. The Morgan fingerprint density at radius 1 is 1.09 bits per heavy atom. The van der Waals surface area contributed by atoms with E-state index < -0.39 is 0 Å². The second kappa shape index (κ2) is 10.9. The minimum Gasteiger partial charge on any atom is -0.494 e. The van der Waals surface area contributed by atoms with Crippen LogP contribution in [0, 0.1) is 0 Å². The Balaban J connectivity index is 1.28. The van der Waals surface area contributed by atoms with E-state index in [4.69, 9.17) is 9.26 Å². The lowest BCUT2D eigenvalue weighted by molar-refractivity contribution is -0.122. The van der Waals surface area contributed by atoms with Crippen LogP contribution in [0.25, 0.3) is 11.4 Å². The maximum Gasteiger partial charge on any atom is 0.227 e. The first-order chi connectivity index (χ1) is 15.7. The van der Waals surface area contributed by atoms with Gasteiger partial charge in [-0.2, -0.15) is 4.98 Å². The van der Waals surface area contributed by atoms with Crippen LogP contribution in [0.3, 0.4) is 0 Å². The molecule has 0 radical (unpaired) electrons. The van der Waals surface area contributed by atoms with Crippen LogP contribution in [0.5, 0.6) is 5.75 Å². The van der Waals surface area contributed by atoms with Gasteiger partial charge in [0.1, 0.15) is 5.75 Å². The molecule has 1 amide bonds. The molecule has 0 unspecified atom stereocenters. The molecule has 1 aromatic carbocycles. The number of nitrogens with zero attached hydrogens (tertiary/aromatic N) is 3. The lowest BCUT2D eigenvalue weighted by Crippen LogP contribution is -2.58. The van der Waals surface area contributed by atoms with Crippen LogP contribution in [0.2, 0.25) is 0 Å². The Hall–Kier alpha value is -2.41. The fourth-order valence-corrected chi connectivity index (χ4v) is 5.10. The molecule has 7 nitrogen and oxygen atoms in total. The van der Waals surface area contributed by atoms with E-state index in [0.717, 1.165) is 17.9 Å². The zero-order valence-electron chi connectivity index (χ0n) is 19.3. The summed E-state index contributed by atoms with van der Waals surface area (Å²) in [5, 5.41) is 7.30. The zero-order valence-corrected chi connectivity index (χ0v) is 19.3. The summed E-state index contributed by atoms with van der Waals surface area (Å²) in [5.74, 6) is 1.91. The van der Waals surface area contributed by atoms with Crippen LogP contribution in [0.1, 0.15) is 70.6 Å². The van der Waals surface area contributed by atoms with Crippen molar-refractivity contribution in [2.45, 2.75) is 76.7 Å². The summed E-state index contributed by atoms with van der Waals surface area (Å²) in [6.45, 7) is 5.69. The molecule has 2 fully saturated rings. The fourth-order valence-electron chi connectivity index (χ4n) is 5.10. The number of nitrogens with one attached hydrogen (secondary N) is 1. The van der Waals surface area contributed by atoms with Gasteiger partial charge in [0.15, 0.2) is 0 Å². The van der Waals surface area contributed by atoms with Gasteiger partial charge >= 0.3 is 0 Å². The summed E-state index contributed by atoms with van der Waals surface area (Å²) in [4.78, 5) is 19.7. The van der Waals surface area contributed by atoms with E-state index in [1.54, 1.807) is 0 Å². The lowest BCUT2D eigenvalue weighted by Gasteiger charge is -2.48. The van der Waals surface area contributed by atoms with Gasteiger partial charge in [0, 0.05) is 30.5 Å².